The number of rotatable bonds is 0. The van der Waals surface area contributed by atoms with E-state index in [1.165, 1.54) is 0 Å². The van der Waals surface area contributed by atoms with E-state index in [9.17, 15) is 5.21 Å². The van der Waals surface area contributed by atoms with Crippen molar-refractivity contribution in [2.24, 2.45) is 0 Å². The largest absolute Gasteiger partial charge is 0.740 e. The maximum atomic E-state index is 11.7. The zero-order valence-electron chi connectivity index (χ0n) is 10.4. The molecule has 0 bridgehead atoms. The van der Waals surface area contributed by atoms with E-state index >= 15 is 0 Å². The minimum absolute atomic E-state index is 0.369. The minimum Gasteiger partial charge on any atom is -0.740 e. The number of hydrogen-bond acceptors (Lipinski definition) is 4. The van der Waals surface area contributed by atoms with Crippen molar-refractivity contribution in [1.29, 1.82) is 0 Å². The first-order valence-electron chi connectivity index (χ1n) is 5.22. The van der Waals surface area contributed by atoms with E-state index in [0.29, 0.717) is 11.0 Å². The van der Waals surface area contributed by atoms with Gasteiger partial charge < -0.3 is 10.4 Å². The molecule has 0 amide bonds. The van der Waals surface area contributed by atoms with Crippen molar-refractivity contribution < 1.29 is 4.58 Å². The van der Waals surface area contributed by atoms with Crippen LogP contribution in [0.15, 0.2) is 18.3 Å². The summed E-state index contributed by atoms with van der Waals surface area (Å²) in [4.78, 5) is 5.97. The van der Waals surface area contributed by atoms with Crippen molar-refractivity contribution in [2.45, 2.75) is 0 Å². The molecule has 0 unspecified atom stereocenters. The van der Waals surface area contributed by atoms with Crippen LogP contribution in [0.5, 0.6) is 0 Å². The monoisotopic (exact) mass is 236 g/mol. The van der Waals surface area contributed by atoms with Crippen LogP contribution in [0.3, 0.4) is 0 Å². The van der Waals surface area contributed by atoms with E-state index in [1.807, 2.05) is 43.7 Å². The average molecular weight is 236 g/mol. The predicted octanol–water partition coefficient (Wildman–Crippen LogP) is -0.185. The molecule has 1 aromatic heterocycles. The van der Waals surface area contributed by atoms with Gasteiger partial charge in [-0.05, 0) is 12.1 Å². The standard InChI is InChI=1S/C10H16N6O/c1-13(2)10(14(3)4)15-8-6-5-7-11-9(8)16(17)12-15/h5-7,12H,1-4H3. The Bertz CT molecular complexity index is 454. The van der Waals surface area contributed by atoms with Gasteiger partial charge in [0, 0.05) is 6.20 Å². The Labute approximate surface area is 100 Å². The molecule has 0 atom stereocenters. The van der Waals surface area contributed by atoms with Crippen molar-refractivity contribution in [1.82, 2.24) is 15.4 Å². The molecule has 1 aromatic rings. The number of nitrogens with zero attached hydrogens (tertiary/aromatic N) is 5. The fourth-order valence-corrected chi connectivity index (χ4v) is 1.86. The molecule has 1 aliphatic heterocycles. The summed E-state index contributed by atoms with van der Waals surface area (Å²) in [6.45, 7) is 0. The first-order chi connectivity index (χ1) is 8.02. The van der Waals surface area contributed by atoms with Gasteiger partial charge in [-0.2, -0.15) is 0 Å². The van der Waals surface area contributed by atoms with Gasteiger partial charge in [-0.3, -0.25) is 9.48 Å². The summed E-state index contributed by atoms with van der Waals surface area (Å²) >= 11 is 0. The Morgan fingerprint density at radius 3 is 2.76 bits per heavy atom. The molecule has 17 heavy (non-hydrogen) atoms. The van der Waals surface area contributed by atoms with Gasteiger partial charge in [0.05, 0.1) is 28.2 Å². The second-order valence-corrected chi connectivity index (χ2v) is 4.16. The van der Waals surface area contributed by atoms with Gasteiger partial charge in [0.1, 0.15) is 0 Å². The van der Waals surface area contributed by atoms with E-state index in [0.717, 1.165) is 11.6 Å². The SMILES string of the molecule is CN(C)C(N1NN([O-])c2ncccc21)=[N+](C)C. The fraction of sp³-hybridized carbons (Fsp3) is 0.400. The zero-order valence-corrected chi connectivity index (χ0v) is 10.4. The summed E-state index contributed by atoms with van der Waals surface area (Å²) in [5.41, 5.74) is 3.45. The lowest BCUT2D eigenvalue weighted by Gasteiger charge is -2.24. The highest BCUT2D eigenvalue weighted by Gasteiger charge is 2.33. The summed E-state index contributed by atoms with van der Waals surface area (Å²) in [6, 6.07) is 3.65. The van der Waals surface area contributed by atoms with Crippen LogP contribution in [0.4, 0.5) is 11.5 Å². The van der Waals surface area contributed by atoms with E-state index in [2.05, 4.69) is 10.5 Å². The third-order valence-electron chi connectivity index (χ3n) is 2.39. The van der Waals surface area contributed by atoms with Gasteiger partial charge >= 0.3 is 5.96 Å². The van der Waals surface area contributed by atoms with E-state index < -0.39 is 0 Å². The molecule has 0 radical (unpaired) electrons. The Kier molecular flexibility index (Phi) is 2.86. The second kappa shape index (κ2) is 4.19. The second-order valence-electron chi connectivity index (χ2n) is 4.16. The number of guanidine groups is 1. The molecule has 7 nitrogen and oxygen atoms in total. The molecule has 0 aliphatic carbocycles. The van der Waals surface area contributed by atoms with Crippen LogP contribution in [0.2, 0.25) is 0 Å². The van der Waals surface area contributed by atoms with Crippen molar-refractivity contribution in [3.05, 3.63) is 23.5 Å². The van der Waals surface area contributed by atoms with Crippen molar-refractivity contribution in [3.63, 3.8) is 0 Å². The van der Waals surface area contributed by atoms with Crippen LogP contribution in [0, 0.1) is 5.21 Å². The molecule has 0 aromatic carbocycles. The number of nitrogens with one attached hydrogen (secondary N) is 1. The molecule has 0 fully saturated rings. The maximum absolute atomic E-state index is 11.7. The van der Waals surface area contributed by atoms with E-state index in [4.69, 9.17) is 0 Å². The molecule has 92 valence electrons. The topological polar surface area (TPSA) is 60.7 Å². The lowest BCUT2D eigenvalue weighted by Crippen LogP contribution is -2.53. The van der Waals surface area contributed by atoms with Crippen molar-refractivity contribution >= 4 is 17.5 Å². The first-order valence-corrected chi connectivity index (χ1v) is 5.22. The lowest BCUT2D eigenvalue weighted by molar-refractivity contribution is -0.471. The fourth-order valence-electron chi connectivity index (χ4n) is 1.86. The highest BCUT2D eigenvalue weighted by molar-refractivity contribution is 5.96. The summed E-state index contributed by atoms with van der Waals surface area (Å²) < 4.78 is 1.92. The van der Waals surface area contributed by atoms with Gasteiger partial charge in [-0.25, -0.2) is 4.98 Å². The summed E-state index contributed by atoms with van der Waals surface area (Å²) in [6.07, 6.45) is 1.60. The van der Waals surface area contributed by atoms with Crippen LogP contribution in [0.25, 0.3) is 0 Å². The van der Waals surface area contributed by atoms with Crippen molar-refractivity contribution in [2.75, 3.05) is 38.4 Å². The van der Waals surface area contributed by atoms with Gasteiger partial charge in [-0.15, -0.1) is 5.01 Å². The van der Waals surface area contributed by atoms with Crippen LogP contribution >= 0.6 is 0 Å². The van der Waals surface area contributed by atoms with E-state index in [-0.39, 0.29) is 0 Å². The maximum Gasteiger partial charge on any atom is 0.373 e. The number of pyridine rings is 1. The number of anilines is 2. The number of hydrogen-bond donors (Lipinski definition) is 1. The summed E-state index contributed by atoms with van der Waals surface area (Å²) in [5, 5.41) is 14.0. The molecule has 0 saturated heterocycles. The minimum atomic E-state index is 0.369. The van der Waals surface area contributed by atoms with E-state index in [1.54, 1.807) is 17.3 Å². The molecule has 2 rings (SSSR count). The highest BCUT2D eigenvalue weighted by Crippen LogP contribution is 2.29. The highest BCUT2D eigenvalue weighted by atomic mass is 16.6. The Morgan fingerprint density at radius 1 is 1.47 bits per heavy atom. The zero-order chi connectivity index (χ0) is 12.6. The van der Waals surface area contributed by atoms with Gasteiger partial charge in [0.15, 0.2) is 11.5 Å². The molecule has 1 aliphatic rings. The summed E-state index contributed by atoms with van der Waals surface area (Å²) in [5.74, 6) is 1.21. The van der Waals surface area contributed by atoms with Crippen LogP contribution in [0.1, 0.15) is 0 Å². The molecule has 7 heteroatoms. The van der Waals surface area contributed by atoms with Crippen LogP contribution in [-0.4, -0.2) is 48.6 Å². The smallest absolute Gasteiger partial charge is 0.373 e. The van der Waals surface area contributed by atoms with Crippen LogP contribution < -0.4 is 15.7 Å². The quantitative estimate of drug-likeness (QED) is 0.383. The first kappa shape index (κ1) is 11.6. The van der Waals surface area contributed by atoms with Crippen molar-refractivity contribution in [3.8, 4) is 0 Å². The normalized spacial score (nSPS) is 13.7. The summed E-state index contributed by atoms with van der Waals surface area (Å²) in [7, 11) is 7.67. The molecule has 0 saturated carbocycles. The van der Waals surface area contributed by atoms with Gasteiger partial charge in [0.2, 0.25) is 0 Å². The van der Waals surface area contributed by atoms with Gasteiger partial charge in [-0.1, -0.05) is 5.53 Å². The third kappa shape index (κ3) is 1.90. The molecular weight excluding hydrogens is 220 g/mol. The Hall–Kier alpha value is -1.86. The molecule has 0 spiro atoms. The average Bonchev–Trinajstić information content (AvgIpc) is 2.56. The molecule has 1 N–H and O–H groups in total. The lowest BCUT2D eigenvalue weighted by atomic mass is 10.4. The Balaban J connectivity index is 2.47. The third-order valence-corrected chi connectivity index (χ3v) is 2.39. The number of hydrazine groups is 2. The van der Waals surface area contributed by atoms with Gasteiger partial charge in [0.25, 0.3) is 0 Å². The van der Waals surface area contributed by atoms with Crippen LogP contribution in [-0.2, 0) is 0 Å². The molecule has 2 heterocycles. The Morgan fingerprint density at radius 2 is 2.18 bits per heavy atom. The molecular formula is C10H16N6O. The number of aromatic nitrogens is 1. The predicted molar refractivity (Wildman–Crippen MR) is 66.5 cm³/mol. The number of fused-ring (bicyclic) bond motifs is 1.